The number of rotatable bonds is 7. The molecule has 0 saturated carbocycles. The summed E-state index contributed by atoms with van der Waals surface area (Å²) in [5.41, 5.74) is 4.25. The fraction of sp³-hybridized carbons (Fsp3) is 0.227. The first-order valence-corrected chi connectivity index (χ1v) is 10.2. The van der Waals surface area contributed by atoms with Crippen molar-refractivity contribution in [2.45, 2.75) is 32.5 Å². The van der Waals surface area contributed by atoms with Gasteiger partial charge in [0.25, 0.3) is 5.56 Å². The quantitative estimate of drug-likeness (QED) is 0.455. The van der Waals surface area contributed by atoms with Crippen molar-refractivity contribution in [3.05, 3.63) is 81.3 Å². The maximum Gasteiger partial charge on any atom is 0.251 e. The van der Waals surface area contributed by atoms with Crippen molar-refractivity contribution in [2.75, 3.05) is 11.1 Å². The molecule has 1 amide bonds. The first-order valence-electron chi connectivity index (χ1n) is 9.19. The van der Waals surface area contributed by atoms with Gasteiger partial charge in [0, 0.05) is 11.8 Å². The van der Waals surface area contributed by atoms with E-state index < -0.39 is 0 Å². The van der Waals surface area contributed by atoms with Gasteiger partial charge in [-0.25, -0.2) is 4.98 Å². The van der Waals surface area contributed by atoms with Crippen LogP contribution in [0.1, 0.15) is 22.4 Å². The molecule has 7 heteroatoms. The van der Waals surface area contributed by atoms with E-state index in [0.29, 0.717) is 16.6 Å². The van der Waals surface area contributed by atoms with Gasteiger partial charge in [0.05, 0.1) is 11.4 Å². The summed E-state index contributed by atoms with van der Waals surface area (Å²) in [4.78, 5) is 31.3. The summed E-state index contributed by atoms with van der Waals surface area (Å²) >= 11 is 1.18. The molecule has 29 heavy (non-hydrogen) atoms. The second-order valence-electron chi connectivity index (χ2n) is 6.75. The van der Waals surface area contributed by atoms with Crippen LogP contribution in [0.2, 0.25) is 0 Å². The lowest BCUT2D eigenvalue weighted by molar-refractivity contribution is -0.113. The number of nitrogens with zero attached hydrogens (tertiary/aromatic N) is 1. The van der Waals surface area contributed by atoms with E-state index in [4.69, 9.17) is 4.74 Å². The highest BCUT2D eigenvalue weighted by Gasteiger charge is 2.10. The minimum Gasteiger partial charge on any atom is -0.487 e. The number of benzene rings is 2. The molecule has 0 bridgehead atoms. The molecule has 0 spiro atoms. The number of hydrogen-bond donors (Lipinski definition) is 2. The van der Waals surface area contributed by atoms with Gasteiger partial charge in [-0.2, -0.15) is 0 Å². The number of anilines is 1. The Morgan fingerprint density at radius 3 is 2.48 bits per heavy atom. The number of nitrogens with one attached hydrogen (secondary N) is 2. The molecule has 1 aromatic heterocycles. The summed E-state index contributed by atoms with van der Waals surface area (Å²) in [5.74, 6) is 0.684. The largest absolute Gasteiger partial charge is 0.487 e. The zero-order chi connectivity index (χ0) is 20.8. The van der Waals surface area contributed by atoms with Crippen molar-refractivity contribution in [3.63, 3.8) is 0 Å². The summed E-state index contributed by atoms with van der Waals surface area (Å²) in [7, 11) is 0. The smallest absolute Gasteiger partial charge is 0.251 e. The van der Waals surface area contributed by atoms with E-state index >= 15 is 0 Å². The van der Waals surface area contributed by atoms with E-state index in [2.05, 4.69) is 15.3 Å². The van der Waals surface area contributed by atoms with E-state index in [1.165, 1.54) is 17.8 Å². The molecule has 0 fully saturated rings. The molecule has 6 nitrogen and oxygen atoms in total. The van der Waals surface area contributed by atoms with Crippen molar-refractivity contribution in [1.29, 1.82) is 0 Å². The van der Waals surface area contributed by atoms with Gasteiger partial charge in [-0.3, -0.25) is 9.59 Å². The highest BCUT2D eigenvalue weighted by molar-refractivity contribution is 7.99. The highest BCUT2D eigenvalue weighted by atomic mass is 32.2. The van der Waals surface area contributed by atoms with Gasteiger partial charge in [-0.1, -0.05) is 47.7 Å². The molecule has 0 saturated heterocycles. The Kier molecular flexibility index (Phi) is 6.72. The van der Waals surface area contributed by atoms with E-state index in [9.17, 15) is 9.59 Å². The summed E-state index contributed by atoms with van der Waals surface area (Å²) < 4.78 is 5.64. The summed E-state index contributed by atoms with van der Waals surface area (Å²) in [6.07, 6.45) is 0. The lowest BCUT2D eigenvalue weighted by atomic mass is 10.1. The molecule has 0 atom stereocenters. The van der Waals surface area contributed by atoms with Crippen LogP contribution in [0.3, 0.4) is 0 Å². The van der Waals surface area contributed by atoms with Crippen LogP contribution in [0, 0.1) is 20.8 Å². The zero-order valence-electron chi connectivity index (χ0n) is 16.6. The number of ether oxygens (including phenoxy) is 1. The van der Waals surface area contributed by atoms with Crippen LogP contribution in [0.5, 0.6) is 5.75 Å². The number of thioether (sulfide) groups is 1. The fourth-order valence-electron chi connectivity index (χ4n) is 2.99. The van der Waals surface area contributed by atoms with E-state index in [-0.39, 0.29) is 23.8 Å². The lowest BCUT2D eigenvalue weighted by Gasteiger charge is -2.12. The number of H-pyrrole nitrogens is 1. The van der Waals surface area contributed by atoms with Crippen LogP contribution in [-0.2, 0) is 11.4 Å². The van der Waals surface area contributed by atoms with Crippen molar-refractivity contribution < 1.29 is 9.53 Å². The number of carbonyl (C=O) groups is 1. The van der Waals surface area contributed by atoms with Crippen LogP contribution in [0.25, 0.3) is 0 Å². The minimum absolute atomic E-state index is 0.138. The van der Waals surface area contributed by atoms with Crippen molar-refractivity contribution in [1.82, 2.24) is 9.97 Å². The fourth-order valence-corrected chi connectivity index (χ4v) is 3.68. The predicted octanol–water partition coefficient (Wildman–Crippen LogP) is 4.00. The second-order valence-corrected chi connectivity index (χ2v) is 7.72. The normalized spacial score (nSPS) is 10.6. The molecule has 3 aromatic rings. The van der Waals surface area contributed by atoms with Gasteiger partial charge in [-0.15, -0.1) is 0 Å². The Labute approximate surface area is 173 Å². The number of aromatic amines is 1. The number of aryl methyl sites for hydroxylation is 3. The first kappa shape index (κ1) is 20.7. The van der Waals surface area contributed by atoms with Gasteiger partial charge < -0.3 is 15.0 Å². The van der Waals surface area contributed by atoms with Crippen LogP contribution in [-0.4, -0.2) is 21.6 Å². The van der Waals surface area contributed by atoms with Gasteiger partial charge in [0.2, 0.25) is 5.91 Å². The van der Waals surface area contributed by atoms with Crippen LogP contribution >= 0.6 is 11.8 Å². The topological polar surface area (TPSA) is 84.1 Å². The third kappa shape index (κ3) is 5.96. The molecule has 0 aliphatic carbocycles. The molecule has 0 unspecified atom stereocenters. The van der Waals surface area contributed by atoms with E-state index in [1.54, 1.807) is 0 Å². The Morgan fingerprint density at radius 1 is 1.10 bits per heavy atom. The average molecular weight is 410 g/mol. The summed E-state index contributed by atoms with van der Waals surface area (Å²) in [5, 5.41) is 3.33. The molecule has 150 valence electrons. The monoisotopic (exact) mass is 409 g/mol. The Morgan fingerprint density at radius 2 is 1.79 bits per heavy atom. The molecule has 0 aliphatic rings. The Balaban J connectivity index is 1.61. The zero-order valence-corrected chi connectivity index (χ0v) is 17.4. The van der Waals surface area contributed by atoms with Crippen molar-refractivity contribution in [2.24, 2.45) is 0 Å². The van der Waals surface area contributed by atoms with Gasteiger partial charge in [0.15, 0.2) is 5.16 Å². The Hall–Kier alpha value is -3.06. The molecule has 0 aliphatic heterocycles. The SMILES string of the molecule is Cc1cc(C)c(NC(=O)CSc2nc(COc3ccccc3)cc(=O)[nH]2)c(C)c1. The lowest BCUT2D eigenvalue weighted by Crippen LogP contribution is -2.17. The molecule has 2 aromatic carbocycles. The third-order valence-electron chi connectivity index (χ3n) is 4.18. The molecule has 1 heterocycles. The van der Waals surface area contributed by atoms with Crippen molar-refractivity contribution >= 4 is 23.4 Å². The predicted molar refractivity (Wildman–Crippen MR) is 116 cm³/mol. The minimum atomic E-state index is -0.278. The molecule has 3 rings (SSSR count). The summed E-state index contributed by atoms with van der Waals surface area (Å²) in [6, 6.07) is 14.8. The molecule has 2 N–H and O–H groups in total. The maximum atomic E-state index is 12.4. The number of carbonyl (C=O) groups excluding carboxylic acids is 1. The number of hydrogen-bond acceptors (Lipinski definition) is 5. The number of amides is 1. The summed E-state index contributed by atoms with van der Waals surface area (Å²) in [6.45, 7) is 6.14. The van der Waals surface area contributed by atoms with Crippen LogP contribution in [0.4, 0.5) is 5.69 Å². The van der Waals surface area contributed by atoms with Crippen LogP contribution in [0.15, 0.2) is 58.5 Å². The Bertz CT molecular complexity index is 1040. The van der Waals surface area contributed by atoms with Gasteiger partial charge in [-0.05, 0) is 44.0 Å². The third-order valence-corrected chi connectivity index (χ3v) is 5.06. The van der Waals surface area contributed by atoms with Crippen molar-refractivity contribution in [3.8, 4) is 5.75 Å². The second kappa shape index (κ2) is 9.43. The van der Waals surface area contributed by atoms with E-state index in [1.807, 2.05) is 63.2 Å². The average Bonchev–Trinajstić information content (AvgIpc) is 2.68. The van der Waals surface area contributed by atoms with Gasteiger partial charge in [0.1, 0.15) is 12.4 Å². The number of para-hydroxylation sites is 1. The number of aromatic nitrogens is 2. The maximum absolute atomic E-state index is 12.4. The van der Waals surface area contributed by atoms with E-state index in [0.717, 1.165) is 22.4 Å². The molecule has 0 radical (unpaired) electrons. The highest BCUT2D eigenvalue weighted by Crippen LogP contribution is 2.22. The first-order chi connectivity index (χ1) is 13.9. The van der Waals surface area contributed by atoms with Gasteiger partial charge >= 0.3 is 0 Å². The molecular formula is C22H23N3O3S. The molecular weight excluding hydrogens is 386 g/mol. The standard InChI is InChI=1S/C22H23N3O3S/c1-14-9-15(2)21(16(3)10-14)24-20(27)13-29-22-23-17(11-19(26)25-22)12-28-18-7-5-4-6-8-18/h4-11H,12-13H2,1-3H3,(H,24,27)(H,23,25,26). The van der Waals surface area contributed by atoms with Crippen LogP contribution < -0.4 is 15.6 Å².